The fourth-order valence-corrected chi connectivity index (χ4v) is 1.40. The maximum absolute atomic E-state index is 12.4. The molecule has 1 amide bonds. The predicted molar refractivity (Wildman–Crippen MR) is 47.8 cm³/mol. The summed E-state index contributed by atoms with van der Waals surface area (Å²) in [5, 5.41) is 2.59. The fraction of sp³-hybridized carbons (Fsp3) is 0.429. The lowest BCUT2D eigenvalue weighted by Gasteiger charge is -2.18. The van der Waals surface area contributed by atoms with Gasteiger partial charge in [-0.1, -0.05) is 11.3 Å². The highest BCUT2D eigenvalue weighted by atomic mass is 32.1. The molecule has 2 N–H and O–H groups in total. The number of rotatable bonds is 3. The number of aromatic amines is 1. The lowest BCUT2D eigenvalue weighted by atomic mass is 10.3. The maximum Gasteiger partial charge on any atom is 0.463 e. The van der Waals surface area contributed by atoms with Crippen LogP contribution in [0.2, 0.25) is 0 Å². The molecular formula is C7H5F5N2O2S. The molecule has 17 heavy (non-hydrogen) atoms. The number of H-pyrrole nitrogens is 1. The van der Waals surface area contributed by atoms with E-state index in [1.165, 1.54) is 10.7 Å². The molecule has 0 aliphatic rings. The van der Waals surface area contributed by atoms with Crippen molar-refractivity contribution in [3.05, 3.63) is 20.7 Å². The molecular weight excluding hydrogens is 271 g/mol. The molecule has 0 atom stereocenters. The summed E-state index contributed by atoms with van der Waals surface area (Å²) in [7, 11) is 0. The van der Waals surface area contributed by atoms with Gasteiger partial charge in [0, 0.05) is 11.1 Å². The second-order valence-corrected chi connectivity index (χ2v) is 3.77. The number of hydrogen-bond donors (Lipinski definition) is 2. The van der Waals surface area contributed by atoms with Gasteiger partial charge in [-0.15, -0.1) is 0 Å². The summed E-state index contributed by atoms with van der Waals surface area (Å²) < 4.78 is 60.1. The Kier molecular flexibility index (Phi) is 3.55. The lowest BCUT2D eigenvalue weighted by Crippen LogP contribution is -2.50. The van der Waals surface area contributed by atoms with E-state index in [4.69, 9.17) is 0 Å². The highest BCUT2D eigenvalue weighted by Gasteiger charge is 2.63. The zero-order valence-corrected chi connectivity index (χ0v) is 8.72. The van der Waals surface area contributed by atoms with Gasteiger partial charge in [0.05, 0.1) is 6.54 Å². The van der Waals surface area contributed by atoms with Crippen LogP contribution in [0.4, 0.5) is 22.0 Å². The topological polar surface area (TPSA) is 62.0 Å². The Morgan fingerprint density at radius 1 is 1.35 bits per heavy atom. The number of hydrogen-bond acceptors (Lipinski definition) is 3. The first-order valence-corrected chi connectivity index (χ1v) is 4.92. The Balaban J connectivity index is 2.64. The van der Waals surface area contributed by atoms with Crippen molar-refractivity contribution in [2.75, 3.05) is 0 Å². The summed E-state index contributed by atoms with van der Waals surface area (Å²) in [6, 6.07) is 0. The molecule has 4 nitrogen and oxygen atoms in total. The molecule has 0 radical (unpaired) electrons. The molecule has 0 saturated carbocycles. The van der Waals surface area contributed by atoms with Crippen molar-refractivity contribution in [1.82, 2.24) is 10.3 Å². The van der Waals surface area contributed by atoms with Gasteiger partial charge in [-0.3, -0.25) is 9.59 Å². The van der Waals surface area contributed by atoms with Crippen molar-refractivity contribution in [1.29, 1.82) is 0 Å². The number of halogens is 5. The van der Waals surface area contributed by atoms with Gasteiger partial charge in [0.25, 0.3) is 0 Å². The van der Waals surface area contributed by atoms with E-state index in [9.17, 15) is 31.5 Å². The first-order valence-electron chi connectivity index (χ1n) is 4.04. The zero-order valence-electron chi connectivity index (χ0n) is 7.90. The minimum absolute atomic E-state index is 0.0475. The van der Waals surface area contributed by atoms with Gasteiger partial charge < -0.3 is 10.3 Å². The van der Waals surface area contributed by atoms with Crippen LogP contribution in [-0.2, 0) is 11.3 Å². The molecule has 0 bridgehead atoms. The molecule has 0 aliphatic heterocycles. The average molecular weight is 276 g/mol. The highest BCUT2D eigenvalue weighted by Crippen LogP contribution is 2.35. The number of thiazole rings is 1. The average Bonchev–Trinajstić information content (AvgIpc) is 2.58. The Hall–Kier alpha value is -1.45. The quantitative estimate of drug-likeness (QED) is 0.816. The van der Waals surface area contributed by atoms with Crippen LogP contribution in [0.3, 0.4) is 0 Å². The van der Waals surface area contributed by atoms with E-state index in [2.05, 4.69) is 4.98 Å². The lowest BCUT2D eigenvalue weighted by molar-refractivity contribution is -0.269. The van der Waals surface area contributed by atoms with Gasteiger partial charge in [-0.05, 0) is 0 Å². The summed E-state index contributed by atoms with van der Waals surface area (Å²) in [6.07, 6.45) is -5.95. The maximum atomic E-state index is 12.4. The van der Waals surface area contributed by atoms with Crippen LogP contribution in [0, 0.1) is 0 Å². The molecule has 1 aromatic rings. The molecule has 0 fully saturated rings. The van der Waals surface area contributed by atoms with E-state index in [0.29, 0.717) is 11.3 Å². The Morgan fingerprint density at radius 2 is 1.94 bits per heavy atom. The zero-order chi connectivity index (χ0) is 13.3. The summed E-state index contributed by atoms with van der Waals surface area (Å²) >= 11 is 0.697. The molecule has 10 heteroatoms. The standard InChI is InChI=1S/C7H5F5N2O2S/c8-6(9,7(10,11)12)4(15)13-1-3-2-17-5(16)14-3/h2H,1H2,(H,13,15)(H,14,16). The van der Waals surface area contributed by atoms with Crippen LogP contribution in [0.1, 0.15) is 5.69 Å². The largest absolute Gasteiger partial charge is 0.463 e. The van der Waals surface area contributed by atoms with Crippen LogP contribution in [0.15, 0.2) is 10.2 Å². The third kappa shape index (κ3) is 3.02. The van der Waals surface area contributed by atoms with E-state index in [-0.39, 0.29) is 5.69 Å². The number of carbonyl (C=O) groups excluding carboxylic acids is 1. The second kappa shape index (κ2) is 4.43. The third-order valence-electron chi connectivity index (χ3n) is 1.65. The number of nitrogens with one attached hydrogen (secondary N) is 2. The van der Waals surface area contributed by atoms with Crippen molar-refractivity contribution in [3.63, 3.8) is 0 Å². The van der Waals surface area contributed by atoms with E-state index < -0.39 is 29.4 Å². The van der Waals surface area contributed by atoms with Crippen molar-refractivity contribution in [2.45, 2.75) is 18.6 Å². The van der Waals surface area contributed by atoms with Gasteiger partial charge in [-0.25, -0.2) is 0 Å². The monoisotopic (exact) mass is 276 g/mol. The second-order valence-electron chi connectivity index (χ2n) is 2.93. The van der Waals surface area contributed by atoms with Crippen LogP contribution >= 0.6 is 11.3 Å². The summed E-state index contributed by atoms with van der Waals surface area (Å²) in [5.74, 6) is -7.92. The summed E-state index contributed by atoms with van der Waals surface area (Å²) in [6.45, 7) is -0.608. The van der Waals surface area contributed by atoms with Crippen LogP contribution in [-0.4, -0.2) is 23.0 Å². The molecule has 1 aromatic heterocycles. The molecule has 0 unspecified atom stereocenters. The van der Waals surface area contributed by atoms with Crippen molar-refractivity contribution < 1.29 is 26.7 Å². The minimum atomic E-state index is -5.95. The summed E-state index contributed by atoms with van der Waals surface area (Å²) in [4.78, 5) is 22.9. The predicted octanol–water partition coefficient (Wildman–Crippen LogP) is 1.25. The van der Waals surface area contributed by atoms with Gasteiger partial charge in [-0.2, -0.15) is 22.0 Å². The molecule has 1 rings (SSSR count). The SMILES string of the molecule is O=C(NCc1csc(=O)[nH]1)C(F)(F)C(F)(F)F. The van der Waals surface area contributed by atoms with Crippen LogP contribution in [0.5, 0.6) is 0 Å². The van der Waals surface area contributed by atoms with E-state index >= 15 is 0 Å². The van der Waals surface area contributed by atoms with Gasteiger partial charge in [0.15, 0.2) is 0 Å². The summed E-state index contributed by atoms with van der Waals surface area (Å²) in [5.41, 5.74) is 0.0475. The van der Waals surface area contributed by atoms with Gasteiger partial charge >= 0.3 is 22.9 Å². The van der Waals surface area contributed by atoms with Crippen molar-refractivity contribution in [2.24, 2.45) is 0 Å². The highest BCUT2D eigenvalue weighted by molar-refractivity contribution is 7.07. The Morgan fingerprint density at radius 3 is 2.35 bits per heavy atom. The molecule has 0 saturated heterocycles. The van der Waals surface area contributed by atoms with Crippen molar-refractivity contribution >= 4 is 17.2 Å². The van der Waals surface area contributed by atoms with E-state index in [0.717, 1.165) is 0 Å². The normalized spacial score (nSPS) is 12.5. The number of alkyl halides is 5. The number of carbonyl (C=O) groups is 1. The van der Waals surface area contributed by atoms with Gasteiger partial charge in [0.1, 0.15) is 0 Å². The molecule has 0 aromatic carbocycles. The fourth-order valence-electron chi connectivity index (χ4n) is 0.816. The minimum Gasteiger partial charge on any atom is -0.345 e. The molecule has 1 heterocycles. The Labute approximate surface area is 94.5 Å². The molecule has 0 spiro atoms. The van der Waals surface area contributed by atoms with Crippen LogP contribution in [0.25, 0.3) is 0 Å². The Bertz CT molecular complexity index is 463. The first kappa shape index (κ1) is 13.6. The third-order valence-corrected chi connectivity index (χ3v) is 2.37. The smallest absolute Gasteiger partial charge is 0.345 e. The van der Waals surface area contributed by atoms with Crippen LogP contribution < -0.4 is 10.2 Å². The van der Waals surface area contributed by atoms with E-state index in [1.54, 1.807) is 0 Å². The molecule has 96 valence electrons. The van der Waals surface area contributed by atoms with Crippen molar-refractivity contribution in [3.8, 4) is 0 Å². The van der Waals surface area contributed by atoms with Gasteiger partial charge in [0.2, 0.25) is 0 Å². The number of aromatic nitrogens is 1. The first-order chi connectivity index (χ1) is 7.64. The molecule has 0 aliphatic carbocycles. The van der Waals surface area contributed by atoms with E-state index in [1.807, 2.05) is 0 Å². The number of amides is 1.